The summed E-state index contributed by atoms with van der Waals surface area (Å²) in [6, 6.07) is 10.4. The van der Waals surface area contributed by atoms with Crippen molar-refractivity contribution >= 4 is 17.0 Å². The van der Waals surface area contributed by atoms with Crippen LogP contribution in [0, 0.1) is 0 Å². The number of hydrogen-bond acceptors (Lipinski definition) is 2. The van der Waals surface area contributed by atoms with Crippen molar-refractivity contribution in [2.45, 2.75) is 6.92 Å². The van der Waals surface area contributed by atoms with Crippen LogP contribution in [-0.2, 0) is 7.05 Å². The average Bonchev–Trinajstić information content (AvgIpc) is 2.81. The fourth-order valence-electron chi connectivity index (χ4n) is 2.22. The molecule has 3 heteroatoms. The second-order valence-electron chi connectivity index (χ2n) is 4.52. The summed E-state index contributed by atoms with van der Waals surface area (Å²) < 4.78 is 1.88. The third kappa shape index (κ3) is 2.15. The Kier molecular flexibility index (Phi) is 2.88. The van der Waals surface area contributed by atoms with Crippen molar-refractivity contribution in [3.63, 3.8) is 0 Å². The Balaban J connectivity index is 2.10. The molecule has 0 amide bonds. The molecule has 2 heterocycles. The van der Waals surface area contributed by atoms with Crippen LogP contribution in [0.3, 0.4) is 0 Å². The molecule has 0 N–H and O–H groups in total. The lowest BCUT2D eigenvalue weighted by Crippen LogP contribution is -1.89. The standard InChI is InChI=1S/C16H15N3/c1-3-4-12-7-8-17-15(9-12)13-5-6-16-14(10-13)11-18-19(16)2/h3-11H,1-2H3/b4-3+. The first kappa shape index (κ1) is 11.7. The van der Waals surface area contributed by atoms with Gasteiger partial charge in [0.25, 0.3) is 0 Å². The predicted octanol–water partition coefficient (Wildman–Crippen LogP) is 3.67. The van der Waals surface area contributed by atoms with Gasteiger partial charge in [0.15, 0.2) is 0 Å². The lowest BCUT2D eigenvalue weighted by atomic mass is 10.1. The number of aromatic nitrogens is 3. The van der Waals surface area contributed by atoms with Crippen molar-refractivity contribution in [3.8, 4) is 11.3 Å². The molecule has 0 aliphatic heterocycles. The van der Waals surface area contributed by atoms with Crippen molar-refractivity contribution < 1.29 is 0 Å². The van der Waals surface area contributed by atoms with E-state index >= 15 is 0 Å². The fraction of sp³-hybridized carbons (Fsp3) is 0.125. The lowest BCUT2D eigenvalue weighted by molar-refractivity contribution is 0.797. The van der Waals surface area contributed by atoms with Crippen molar-refractivity contribution in [3.05, 3.63) is 54.4 Å². The quantitative estimate of drug-likeness (QED) is 0.693. The third-order valence-electron chi connectivity index (χ3n) is 3.19. The van der Waals surface area contributed by atoms with E-state index in [2.05, 4.69) is 40.4 Å². The topological polar surface area (TPSA) is 30.7 Å². The third-order valence-corrected chi connectivity index (χ3v) is 3.19. The van der Waals surface area contributed by atoms with Crippen LogP contribution in [0.1, 0.15) is 12.5 Å². The summed E-state index contributed by atoms with van der Waals surface area (Å²) in [5.74, 6) is 0. The minimum absolute atomic E-state index is 0.987. The highest BCUT2D eigenvalue weighted by molar-refractivity contribution is 5.84. The van der Waals surface area contributed by atoms with E-state index in [1.54, 1.807) is 0 Å². The van der Waals surface area contributed by atoms with Crippen molar-refractivity contribution in [1.29, 1.82) is 0 Å². The van der Waals surface area contributed by atoms with Gasteiger partial charge in [0.2, 0.25) is 0 Å². The smallest absolute Gasteiger partial charge is 0.0708 e. The molecule has 0 atom stereocenters. The second-order valence-corrected chi connectivity index (χ2v) is 4.52. The highest BCUT2D eigenvalue weighted by atomic mass is 15.2. The average molecular weight is 249 g/mol. The van der Waals surface area contributed by atoms with Gasteiger partial charge < -0.3 is 0 Å². The van der Waals surface area contributed by atoms with Crippen LogP contribution in [0.25, 0.3) is 28.2 Å². The Morgan fingerprint density at radius 2 is 2.05 bits per heavy atom. The van der Waals surface area contributed by atoms with E-state index in [1.165, 1.54) is 5.56 Å². The Morgan fingerprint density at radius 3 is 2.89 bits per heavy atom. The Hall–Kier alpha value is -2.42. The number of rotatable bonds is 2. The predicted molar refractivity (Wildman–Crippen MR) is 78.7 cm³/mol. The molecule has 2 aromatic heterocycles. The number of fused-ring (bicyclic) bond motifs is 1. The number of benzene rings is 1. The van der Waals surface area contributed by atoms with Gasteiger partial charge in [0.1, 0.15) is 0 Å². The van der Waals surface area contributed by atoms with E-state index in [0.717, 1.165) is 22.2 Å². The van der Waals surface area contributed by atoms with Gasteiger partial charge in [0, 0.05) is 24.2 Å². The first-order chi connectivity index (χ1) is 9.28. The van der Waals surface area contributed by atoms with Gasteiger partial charge in [-0.3, -0.25) is 9.67 Å². The minimum Gasteiger partial charge on any atom is -0.268 e. The molecule has 3 nitrogen and oxygen atoms in total. The molecule has 3 rings (SSSR count). The normalized spacial score (nSPS) is 11.5. The van der Waals surface area contributed by atoms with Crippen molar-refractivity contribution in [1.82, 2.24) is 14.8 Å². The molecular weight excluding hydrogens is 234 g/mol. The number of nitrogens with zero attached hydrogens (tertiary/aromatic N) is 3. The number of hydrogen-bond donors (Lipinski definition) is 0. The summed E-state index contributed by atoms with van der Waals surface area (Å²) in [5, 5.41) is 5.40. The van der Waals surface area contributed by atoms with Crippen LogP contribution in [0.4, 0.5) is 0 Å². The summed E-state index contributed by atoms with van der Waals surface area (Å²) in [6.07, 6.45) is 7.84. The summed E-state index contributed by atoms with van der Waals surface area (Å²) in [6.45, 7) is 2.02. The molecule has 0 saturated carbocycles. The van der Waals surface area contributed by atoms with Gasteiger partial charge in [-0.05, 0) is 36.8 Å². The zero-order valence-electron chi connectivity index (χ0n) is 11.0. The van der Waals surface area contributed by atoms with Crippen LogP contribution in [0.2, 0.25) is 0 Å². The lowest BCUT2D eigenvalue weighted by Gasteiger charge is -2.03. The first-order valence-corrected chi connectivity index (χ1v) is 6.29. The molecule has 19 heavy (non-hydrogen) atoms. The van der Waals surface area contributed by atoms with Gasteiger partial charge >= 0.3 is 0 Å². The molecule has 94 valence electrons. The maximum absolute atomic E-state index is 4.44. The maximum Gasteiger partial charge on any atom is 0.0708 e. The van der Waals surface area contributed by atoms with Crippen LogP contribution in [0.5, 0.6) is 0 Å². The molecule has 0 aliphatic carbocycles. The first-order valence-electron chi connectivity index (χ1n) is 6.29. The highest BCUT2D eigenvalue weighted by Crippen LogP contribution is 2.23. The summed E-state index contributed by atoms with van der Waals surface area (Å²) in [5.41, 5.74) is 4.40. The van der Waals surface area contributed by atoms with Crippen molar-refractivity contribution in [2.75, 3.05) is 0 Å². The molecule has 0 saturated heterocycles. The van der Waals surface area contributed by atoms with E-state index in [-0.39, 0.29) is 0 Å². The molecule has 0 aliphatic rings. The minimum atomic E-state index is 0.987. The van der Waals surface area contributed by atoms with Gasteiger partial charge in [-0.2, -0.15) is 5.10 Å². The highest BCUT2D eigenvalue weighted by Gasteiger charge is 2.04. The van der Waals surface area contributed by atoms with E-state index in [9.17, 15) is 0 Å². The molecule has 0 unspecified atom stereocenters. The maximum atomic E-state index is 4.44. The Labute approximate surface area is 112 Å². The zero-order chi connectivity index (χ0) is 13.2. The van der Waals surface area contributed by atoms with Gasteiger partial charge in [-0.15, -0.1) is 0 Å². The molecular formula is C16H15N3. The SMILES string of the molecule is C/C=C/c1ccnc(-c2ccc3c(cnn3C)c2)c1. The van der Waals surface area contributed by atoms with Gasteiger partial charge in [0.05, 0.1) is 17.4 Å². The van der Waals surface area contributed by atoms with Crippen LogP contribution < -0.4 is 0 Å². The number of allylic oxidation sites excluding steroid dienone is 1. The van der Waals surface area contributed by atoms with E-state index in [1.807, 2.05) is 43.2 Å². The fourth-order valence-corrected chi connectivity index (χ4v) is 2.22. The number of aryl methyl sites for hydroxylation is 1. The monoisotopic (exact) mass is 249 g/mol. The molecule has 0 radical (unpaired) electrons. The molecule has 0 spiro atoms. The second kappa shape index (κ2) is 4.69. The molecule has 3 aromatic rings. The van der Waals surface area contributed by atoms with Crippen LogP contribution in [-0.4, -0.2) is 14.8 Å². The summed E-state index contributed by atoms with van der Waals surface area (Å²) in [4.78, 5) is 4.44. The summed E-state index contributed by atoms with van der Waals surface area (Å²) >= 11 is 0. The van der Waals surface area contributed by atoms with E-state index < -0.39 is 0 Å². The van der Waals surface area contributed by atoms with Crippen LogP contribution >= 0.6 is 0 Å². The Morgan fingerprint density at radius 1 is 1.16 bits per heavy atom. The zero-order valence-corrected chi connectivity index (χ0v) is 11.0. The van der Waals surface area contributed by atoms with Crippen molar-refractivity contribution in [2.24, 2.45) is 7.05 Å². The largest absolute Gasteiger partial charge is 0.268 e. The van der Waals surface area contributed by atoms with E-state index in [4.69, 9.17) is 0 Å². The Bertz CT molecular complexity index is 754. The molecule has 1 aromatic carbocycles. The molecule has 0 fully saturated rings. The van der Waals surface area contributed by atoms with Crippen LogP contribution in [0.15, 0.2) is 48.8 Å². The van der Waals surface area contributed by atoms with E-state index in [0.29, 0.717) is 0 Å². The summed E-state index contributed by atoms with van der Waals surface area (Å²) in [7, 11) is 1.95. The van der Waals surface area contributed by atoms with Gasteiger partial charge in [-0.25, -0.2) is 0 Å². The molecule has 0 bridgehead atoms. The van der Waals surface area contributed by atoms with Gasteiger partial charge in [-0.1, -0.05) is 18.2 Å². The number of pyridine rings is 1.